The van der Waals surface area contributed by atoms with Crippen molar-refractivity contribution in [2.24, 2.45) is 0 Å². The standard InChI is InChI=1S/C18H18FNO3/c1-18(12-22-15-4-2-3-5-16(15)23-18)17(21)20-11-10-13-6-8-14(19)9-7-13/h2-9H,10-12H2,1H3,(H,20,21). The third-order valence-corrected chi connectivity index (χ3v) is 3.78. The minimum atomic E-state index is -1.06. The molecule has 0 saturated heterocycles. The number of nitrogens with one attached hydrogen (secondary N) is 1. The van der Waals surface area contributed by atoms with Crippen LogP contribution in [0.4, 0.5) is 4.39 Å². The van der Waals surface area contributed by atoms with Crippen molar-refractivity contribution < 1.29 is 18.7 Å². The van der Waals surface area contributed by atoms with Crippen molar-refractivity contribution in [2.45, 2.75) is 18.9 Å². The fourth-order valence-electron chi connectivity index (χ4n) is 2.41. The second-order valence-electron chi connectivity index (χ2n) is 5.70. The van der Waals surface area contributed by atoms with Gasteiger partial charge >= 0.3 is 0 Å². The highest BCUT2D eigenvalue weighted by Crippen LogP contribution is 2.34. The fraction of sp³-hybridized carbons (Fsp3) is 0.278. The van der Waals surface area contributed by atoms with Gasteiger partial charge in [-0.05, 0) is 43.2 Å². The van der Waals surface area contributed by atoms with Gasteiger partial charge in [-0.3, -0.25) is 4.79 Å². The summed E-state index contributed by atoms with van der Waals surface area (Å²) in [4.78, 5) is 12.4. The molecule has 1 amide bonds. The van der Waals surface area contributed by atoms with Crippen LogP contribution in [0, 0.1) is 5.82 Å². The number of fused-ring (bicyclic) bond motifs is 1. The topological polar surface area (TPSA) is 47.6 Å². The lowest BCUT2D eigenvalue weighted by atomic mass is 10.1. The molecule has 1 aliphatic heterocycles. The van der Waals surface area contributed by atoms with E-state index in [9.17, 15) is 9.18 Å². The lowest BCUT2D eigenvalue weighted by Crippen LogP contribution is -2.54. The first-order chi connectivity index (χ1) is 11.1. The predicted molar refractivity (Wildman–Crippen MR) is 84.1 cm³/mol. The van der Waals surface area contributed by atoms with Gasteiger partial charge in [0.05, 0.1) is 0 Å². The van der Waals surface area contributed by atoms with Gasteiger partial charge in [-0.25, -0.2) is 4.39 Å². The largest absolute Gasteiger partial charge is 0.485 e. The average molecular weight is 315 g/mol. The first-order valence-electron chi connectivity index (χ1n) is 7.50. The molecule has 1 unspecified atom stereocenters. The van der Waals surface area contributed by atoms with Gasteiger partial charge in [-0.2, -0.15) is 0 Å². The molecule has 3 rings (SSSR count). The van der Waals surface area contributed by atoms with Gasteiger partial charge in [0.25, 0.3) is 5.91 Å². The van der Waals surface area contributed by atoms with E-state index in [4.69, 9.17) is 9.47 Å². The van der Waals surface area contributed by atoms with Crippen LogP contribution >= 0.6 is 0 Å². The predicted octanol–water partition coefficient (Wildman–Crippen LogP) is 2.71. The minimum Gasteiger partial charge on any atom is -0.485 e. The molecule has 0 bridgehead atoms. The van der Waals surface area contributed by atoms with E-state index >= 15 is 0 Å². The van der Waals surface area contributed by atoms with Gasteiger partial charge in [0.2, 0.25) is 5.60 Å². The number of carbonyl (C=O) groups is 1. The number of benzene rings is 2. The van der Waals surface area contributed by atoms with E-state index in [1.165, 1.54) is 12.1 Å². The molecular weight excluding hydrogens is 297 g/mol. The monoisotopic (exact) mass is 315 g/mol. The molecule has 1 N–H and O–H groups in total. The summed E-state index contributed by atoms with van der Waals surface area (Å²) in [6.45, 7) is 2.31. The Balaban J connectivity index is 1.57. The maximum absolute atomic E-state index is 12.9. The Hall–Kier alpha value is -2.56. The van der Waals surface area contributed by atoms with Gasteiger partial charge in [0, 0.05) is 6.54 Å². The molecule has 0 spiro atoms. The Morgan fingerprint density at radius 1 is 1.17 bits per heavy atom. The molecule has 4 nitrogen and oxygen atoms in total. The van der Waals surface area contributed by atoms with Crippen molar-refractivity contribution >= 4 is 5.91 Å². The number of halogens is 1. The van der Waals surface area contributed by atoms with Crippen LogP contribution in [0.3, 0.4) is 0 Å². The smallest absolute Gasteiger partial charge is 0.267 e. The summed E-state index contributed by atoms with van der Waals surface area (Å²) in [5.74, 6) is 0.713. The summed E-state index contributed by atoms with van der Waals surface area (Å²) in [5.41, 5.74) is -0.0973. The van der Waals surface area contributed by atoms with Gasteiger partial charge in [-0.1, -0.05) is 24.3 Å². The van der Waals surface area contributed by atoms with Crippen LogP contribution in [0.25, 0.3) is 0 Å². The van der Waals surface area contributed by atoms with Crippen molar-refractivity contribution in [2.75, 3.05) is 13.2 Å². The SMILES string of the molecule is CC1(C(=O)NCCc2ccc(F)cc2)COc2ccccc2O1. The van der Waals surface area contributed by atoms with E-state index in [2.05, 4.69) is 5.32 Å². The molecule has 1 aliphatic rings. The number of hydrogen-bond donors (Lipinski definition) is 1. The molecule has 0 aromatic heterocycles. The van der Waals surface area contributed by atoms with Crippen molar-refractivity contribution in [1.29, 1.82) is 0 Å². The summed E-state index contributed by atoms with van der Waals surface area (Å²) in [6.07, 6.45) is 0.625. The first kappa shape index (κ1) is 15.3. The van der Waals surface area contributed by atoms with E-state index in [1.807, 2.05) is 12.1 Å². The summed E-state index contributed by atoms with van der Waals surface area (Å²) in [6, 6.07) is 13.5. The Bertz CT molecular complexity index is 702. The normalized spacial score (nSPS) is 19.2. The highest BCUT2D eigenvalue weighted by molar-refractivity contribution is 5.85. The maximum Gasteiger partial charge on any atom is 0.267 e. The van der Waals surface area contributed by atoms with Gasteiger partial charge < -0.3 is 14.8 Å². The number of para-hydroxylation sites is 2. The molecule has 5 heteroatoms. The molecule has 2 aromatic carbocycles. The number of ether oxygens (including phenoxy) is 2. The summed E-state index contributed by atoms with van der Waals surface area (Å²) >= 11 is 0. The molecule has 2 aromatic rings. The van der Waals surface area contributed by atoms with Gasteiger partial charge in [0.1, 0.15) is 12.4 Å². The fourth-order valence-corrected chi connectivity index (χ4v) is 2.41. The van der Waals surface area contributed by atoms with Crippen LogP contribution in [0.1, 0.15) is 12.5 Å². The van der Waals surface area contributed by atoms with E-state index in [1.54, 1.807) is 31.2 Å². The number of rotatable bonds is 4. The van der Waals surface area contributed by atoms with E-state index in [0.29, 0.717) is 24.5 Å². The molecule has 0 fully saturated rings. The zero-order valence-corrected chi connectivity index (χ0v) is 12.8. The van der Waals surface area contributed by atoms with E-state index in [0.717, 1.165) is 5.56 Å². The number of hydrogen-bond acceptors (Lipinski definition) is 3. The Morgan fingerprint density at radius 2 is 1.87 bits per heavy atom. The van der Waals surface area contributed by atoms with Crippen LogP contribution in [-0.2, 0) is 11.2 Å². The van der Waals surface area contributed by atoms with Crippen LogP contribution in [0.15, 0.2) is 48.5 Å². The van der Waals surface area contributed by atoms with E-state index in [-0.39, 0.29) is 18.3 Å². The molecule has 1 atom stereocenters. The number of amides is 1. The van der Waals surface area contributed by atoms with Crippen molar-refractivity contribution in [1.82, 2.24) is 5.32 Å². The third-order valence-electron chi connectivity index (χ3n) is 3.78. The summed E-state index contributed by atoms with van der Waals surface area (Å²) in [5, 5.41) is 2.85. The van der Waals surface area contributed by atoms with E-state index < -0.39 is 5.60 Å². The summed E-state index contributed by atoms with van der Waals surface area (Å²) < 4.78 is 24.3. The molecule has 0 saturated carbocycles. The molecule has 120 valence electrons. The molecule has 23 heavy (non-hydrogen) atoms. The average Bonchev–Trinajstić information content (AvgIpc) is 2.56. The maximum atomic E-state index is 12.9. The van der Waals surface area contributed by atoms with Crippen molar-refractivity contribution in [3.05, 3.63) is 59.9 Å². The zero-order chi connectivity index (χ0) is 16.3. The van der Waals surface area contributed by atoms with Gasteiger partial charge in [-0.15, -0.1) is 0 Å². The van der Waals surface area contributed by atoms with Crippen LogP contribution < -0.4 is 14.8 Å². The zero-order valence-electron chi connectivity index (χ0n) is 12.8. The second-order valence-corrected chi connectivity index (χ2v) is 5.70. The van der Waals surface area contributed by atoms with Crippen molar-refractivity contribution in [3.63, 3.8) is 0 Å². The van der Waals surface area contributed by atoms with Crippen molar-refractivity contribution in [3.8, 4) is 11.5 Å². The molecule has 0 radical (unpaired) electrons. The highest BCUT2D eigenvalue weighted by atomic mass is 19.1. The summed E-state index contributed by atoms with van der Waals surface area (Å²) in [7, 11) is 0. The van der Waals surface area contributed by atoms with Crippen LogP contribution in [0.2, 0.25) is 0 Å². The highest BCUT2D eigenvalue weighted by Gasteiger charge is 2.40. The van der Waals surface area contributed by atoms with Crippen LogP contribution in [0.5, 0.6) is 11.5 Å². The minimum absolute atomic E-state index is 0.159. The van der Waals surface area contributed by atoms with Gasteiger partial charge in [0.15, 0.2) is 11.5 Å². The molecule has 1 heterocycles. The molecular formula is C18H18FNO3. The quantitative estimate of drug-likeness (QED) is 0.944. The second kappa shape index (κ2) is 6.28. The Kier molecular flexibility index (Phi) is 4.19. The Morgan fingerprint density at radius 3 is 2.61 bits per heavy atom. The third kappa shape index (κ3) is 3.44. The first-order valence-corrected chi connectivity index (χ1v) is 7.50. The molecule has 0 aliphatic carbocycles. The lowest BCUT2D eigenvalue weighted by molar-refractivity contribution is -0.140. The number of carbonyl (C=O) groups excluding carboxylic acids is 1. The lowest BCUT2D eigenvalue weighted by Gasteiger charge is -2.34. The Labute approximate surface area is 134 Å². The van der Waals surface area contributed by atoms with Crippen LogP contribution in [-0.4, -0.2) is 24.7 Å².